The molecule has 0 aromatic carbocycles. The van der Waals surface area contributed by atoms with Crippen molar-refractivity contribution in [3.8, 4) is 0 Å². The van der Waals surface area contributed by atoms with Crippen LogP contribution < -0.4 is 0 Å². The summed E-state index contributed by atoms with van der Waals surface area (Å²) in [7, 11) is 1.78. The molecular formula is C10H20N2O2. The summed E-state index contributed by atoms with van der Waals surface area (Å²) in [5.41, 5.74) is -1.31. The number of nitrogens with zero attached hydrogens (tertiary/aromatic N) is 2. The van der Waals surface area contributed by atoms with Crippen LogP contribution in [0, 0.1) is 0 Å². The summed E-state index contributed by atoms with van der Waals surface area (Å²) in [5, 5.41) is 10.1. The molecule has 0 saturated carbocycles. The number of urea groups is 1. The minimum absolute atomic E-state index is 0.103. The fourth-order valence-electron chi connectivity index (χ4n) is 2.16. The van der Waals surface area contributed by atoms with Gasteiger partial charge < -0.3 is 10.0 Å². The smallest absolute Gasteiger partial charge is 0.322 e. The molecule has 1 aliphatic rings. The van der Waals surface area contributed by atoms with Crippen LogP contribution in [0.2, 0.25) is 0 Å². The Kier molecular flexibility index (Phi) is 2.52. The van der Waals surface area contributed by atoms with Crippen molar-refractivity contribution in [3.63, 3.8) is 0 Å². The molecule has 82 valence electrons. The Bertz CT molecular complexity index is 249. The van der Waals surface area contributed by atoms with E-state index in [9.17, 15) is 9.90 Å². The summed E-state index contributed by atoms with van der Waals surface area (Å²) in [4.78, 5) is 15.1. The maximum absolute atomic E-state index is 11.9. The van der Waals surface area contributed by atoms with Crippen molar-refractivity contribution < 1.29 is 9.90 Å². The maximum atomic E-state index is 11.9. The second kappa shape index (κ2) is 3.12. The number of rotatable bonds is 1. The maximum Gasteiger partial charge on any atom is 0.322 e. The number of carbonyl (C=O) groups is 1. The molecule has 0 spiro atoms. The molecule has 1 unspecified atom stereocenters. The van der Waals surface area contributed by atoms with Gasteiger partial charge in [-0.05, 0) is 27.7 Å². The van der Waals surface area contributed by atoms with Crippen molar-refractivity contribution in [2.75, 3.05) is 13.6 Å². The Hall–Kier alpha value is -0.770. The zero-order valence-electron chi connectivity index (χ0n) is 9.66. The van der Waals surface area contributed by atoms with Crippen LogP contribution in [0.1, 0.15) is 34.1 Å². The molecule has 1 N–H and O–H groups in total. The first-order chi connectivity index (χ1) is 6.22. The van der Waals surface area contributed by atoms with Gasteiger partial charge in [-0.1, -0.05) is 0 Å². The highest BCUT2D eigenvalue weighted by atomic mass is 16.3. The summed E-state index contributed by atoms with van der Waals surface area (Å²) < 4.78 is 0. The molecule has 0 aromatic rings. The Morgan fingerprint density at radius 3 is 2.36 bits per heavy atom. The van der Waals surface area contributed by atoms with Gasteiger partial charge in [-0.15, -0.1) is 0 Å². The van der Waals surface area contributed by atoms with Crippen molar-refractivity contribution in [1.82, 2.24) is 9.80 Å². The second-order valence-electron chi connectivity index (χ2n) is 4.79. The van der Waals surface area contributed by atoms with Crippen molar-refractivity contribution >= 4 is 6.03 Å². The van der Waals surface area contributed by atoms with Crippen LogP contribution in [0.3, 0.4) is 0 Å². The van der Waals surface area contributed by atoms with Crippen LogP contribution in [0.4, 0.5) is 4.79 Å². The molecule has 1 rings (SSSR count). The van der Waals surface area contributed by atoms with Gasteiger partial charge in [-0.25, -0.2) is 4.79 Å². The highest BCUT2D eigenvalue weighted by molar-refractivity contribution is 5.76. The van der Waals surface area contributed by atoms with E-state index in [1.807, 2.05) is 20.8 Å². The highest BCUT2D eigenvalue weighted by Gasteiger charge is 2.47. The minimum Gasteiger partial charge on any atom is -0.371 e. The lowest BCUT2D eigenvalue weighted by atomic mass is 9.88. The van der Waals surface area contributed by atoms with Gasteiger partial charge in [-0.2, -0.15) is 0 Å². The summed E-state index contributed by atoms with van der Waals surface area (Å²) in [5.74, 6) is 0. The molecule has 1 fully saturated rings. The molecule has 4 heteroatoms. The SMILES string of the molecule is CCN1C(=O)N(C)C(C)(C)CC1(C)O. The van der Waals surface area contributed by atoms with Gasteiger partial charge >= 0.3 is 6.03 Å². The van der Waals surface area contributed by atoms with E-state index < -0.39 is 5.72 Å². The lowest BCUT2D eigenvalue weighted by Gasteiger charge is -2.52. The van der Waals surface area contributed by atoms with Crippen LogP contribution in [-0.2, 0) is 0 Å². The van der Waals surface area contributed by atoms with E-state index in [0.29, 0.717) is 13.0 Å². The minimum atomic E-state index is -1.03. The van der Waals surface area contributed by atoms with Crippen molar-refractivity contribution in [2.24, 2.45) is 0 Å². The van der Waals surface area contributed by atoms with Gasteiger partial charge in [0, 0.05) is 25.6 Å². The monoisotopic (exact) mass is 200 g/mol. The van der Waals surface area contributed by atoms with Crippen molar-refractivity contribution in [1.29, 1.82) is 0 Å². The average Bonchev–Trinajstić information content (AvgIpc) is 1.99. The molecule has 0 aliphatic carbocycles. The summed E-state index contributed by atoms with van der Waals surface area (Å²) in [6.07, 6.45) is 0.566. The Morgan fingerprint density at radius 1 is 1.43 bits per heavy atom. The normalized spacial score (nSPS) is 32.3. The zero-order chi connectivity index (χ0) is 11.1. The molecule has 1 saturated heterocycles. The molecule has 2 amide bonds. The van der Waals surface area contributed by atoms with Crippen molar-refractivity contribution in [2.45, 2.75) is 45.4 Å². The van der Waals surface area contributed by atoms with Gasteiger partial charge in [0.25, 0.3) is 0 Å². The van der Waals surface area contributed by atoms with Gasteiger partial charge in [0.2, 0.25) is 0 Å². The predicted molar refractivity (Wildman–Crippen MR) is 54.9 cm³/mol. The summed E-state index contributed by atoms with van der Waals surface area (Å²) >= 11 is 0. The van der Waals surface area contributed by atoms with Crippen LogP contribution in [0.15, 0.2) is 0 Å². The molecule has 1 atom stereocenters. The third-order valence-corrected chi connectivity index (χ3v) is 3.09. The van der Waals surface area contributed by atoms with E-state index in [1.165, 1.54) is 4.90 Å². The van der Waals surface area contributed by atoms with Crippen molar-refractivity contribution in [3.05, 3.63) is 0 Å². The molecule has 1 heterocycles. The number of carbonyl (C=O) groups excluding carboxylic acids is 1. The lowest BCUT2D eigenvalue weighted by Crippen LogP contribution is -2.66. The van der Waals surface area contributed by atoms with E-state index >= 15 is 0 Å². The van der Waals surface area contributed by atoms with Crippen LogP contribution in [0.5, 0.6) is 0 Å². The quantitative estimate of drug-likeness (QED) is 0.692. The van der Waals surface area contributed by atoms with Crippen LogP contribution in [0.25, 0.3) is 0 Å². The molecule has 1 aliphatic heterocycles. The first kappa shape index (κ1) is 11.3. The number of aliphatic hydroxyl groups is 1. The zero-order valence-corrected chi connectivity index (χ0v) is 9.66. The topological polar surface area (TPSA) is 43.8 Å². The first-order valence-corrected chi connectivity index (χ1v) is 5.00. The van der Waals surface area contributed by atoms with Crippen LogP contribution >= 0.6 is 0 Å². The molecule has 4 nitrogen and oxygen atoms in total. The fraction of sp³-hybridized carbons (Fsp3) is 0.900. The first-order valence-electron chi connectivity index (χ1n) is 5.00. The summed E-state index contributed by atoms with van der Waals surface area (Å²) in [6, 6.07) is -0.103. The van der Waals surface area contributed by atoms with E-state index in [-0.39, 0.29) is 11.6 Å². The largest absolute Gasteiger partial charge is 0.371 e. The highest BCUT2D eigenvalue weighted by Crippen LogP contribution is 2.34. The standard InChI is InChI=1S/C10H20N2O2/c1-6-12-8(13)11(5)9(2,3)7-10(12,4)14/h14H,6-7H2,1-5H3. The van der Waals surface area contributed by atoms with E-state index in [4.69, 9.17) is 0 Å². The second-order valence-corrected chi connectivity index (χ2v) is 4.79. The van der Waals surface area contributed by atoms with E-state index in [2.05, 4.69) is 0 Å². The van der Waals surface area contributed by atoms with Gasteiger partial charge in [-0.3, -0.25) is 4.90 Å². The fourth-order valence-corrected chi connectivity index (χ4v) is 2.16. The number of hydrogen-bond donors (Lipinski definition) is 1. The third-order valence-electron chi connectivity index (χ3n) is 3.09. The Labute approximate surface area is 85.5 Å². The Morgan fingerprint density at radius 2 is 1.93 bits per heavy atom. The van der Waals surface area contributed by atoms with Gasteiger partial charge in [0.05, 0.1) is 0 Å². The lowest BCUT2D eigenvalue weighted by molar-refractivity contribution is -0.127. The molecular weight excluding hydrogens is 180 g/mol. The molecule has 0 aromatic heterocycles. The Balaban J connectivity index is 3.01. The van der Waals surface area contributed by atoms with Gasteiger partial charge in [0.1, 0.15) is 5.72 Å². The number of amides is 2. The molecule has 14 heavy (non-hydrogen) atoms. The third kappa shape index (κ3) is 1.59. The number of hydrogen-bond acceptors (Lipinski definition) is 2. The van der Waals surface area contributed by atoms with Gasteiger partial charge in [0.15, 0.2) is 0 Å². The molecule has 0 radical (unpaired) electrons. The predicted octanol–water partition coefficient (Wildman–Crippen LogP) is 1.25. The molecule has 0 bridgehead atoms. The summed E-state index contributed by atoms with van der Waals surface area (Å²) in [6.45, 7) is 8.03. The van der Waals surface area contributed by atoms with E-state index in [0.717, 1.165) is 0 Å². The van der Waals surface area contributed by atoms with Crippen LogP contribution in [-0.4, -0.2) is 45.8 Å². The van der Waals surface area contributed by atoms with E-state index in [1.54, 1.807) is 18.9 Å². The average molecular weight is 200 g/mol.